The van der Waals surface area contributed by atoms with Gasteiger partial charge in [-0.05, 0) is 77.0 Å². The summed E-state index contributed by atoms with van der Waals surface area (Å²) in [6.07, 6.45) is 54.2. The highest BCUT2D eigenvalue weighted by molar-refractivity contribution is 5.76. The van der Waals surface area contributed by atoms with Crippen LogP contribution in [0.15, 0.2) is 24.3 Å². The molecule has 2 N–H and O–H groups in total. The maximum absolute atomic E-state index is 12.1. The second kappa shape index (κ2) is 43.6. The van der Waals surface area contributed by atoms with Crippen molar-refractivity contribution >= 4 is 11.8 Å². The van der Waals surface area contributed by atoms with Gasteiger partial charge >= 0.3 is 0 Å². The Bertz CT molecular complexity index is 684. The van der Waals surface area contributed by atoms with Crippen molar-refractivity contribution in [2.75, 3.05) is 13.1 Å². The smallest absolute Gasteiger partial charge is 0.219 e. The summed E-state index contributed by atoms with van der Waals surface area (Å²) in [6, 6.07) is 0. The van der Waals surface area contributed by atoms with Crippen LogP contribution in [0.3, 0.4) is 0 Å². The second-order valence-electron chi connectivity index (χ2n) is 15.2. The molecule has 0 unspecified atom stereocenters. The van der Waals surface area contributed by atoms with E-state index in [0.29, 0.717) is 12.8 Å². The molecule has 4 heteroatoms. The van der Waals surface area contributed by atoms with Crippen molar-refractivity contribution in [1.29, 1.82) is 0 Å². The Morgan fingerprint density at radius 3 is 0.860 bits per heavy atom. The van der Waals surface area contributed by atoms with Crippen molar-refractivity contribution in [3.05, 3.63) is 24.3 Å². The van der Waals surface area contributed by atoms with Gasteiger partial charge in [-0.2, -0.15) is 0 Å². The van der Waals surface area contributed by atoms with Crippen molar-refractivity contribution in [3.8, 4) is 0 Å². The SMILES string of the molecule is CCCCCCCC/C=C\CCCCCCCCNC(=O)CCCCCCCCC(=O)NCCCCCCCC/C=C\CCCCCCCC. The number of unbranched alkanes of at least 4 members (excludes halogenated alkanes) is 29. The molecular weight excluding hydrogens is 613 g/mol. The number of hydrogen-bond acceptors (Lipinski definition) is 2. The molecule has 0 aromatic rings. The molecular formula is C46H88N2O2. The Balaban J connectivity index is 3.29. The fourth-order valence-corrected chi connectivity index (χ4v) is 6.66. The molecule has 0 heterocycles. The minimum atomic E-state index is 0.219. The van der Waals surface area contributed by atoms with Crippen molar-refractivity contribution in [1.82, 2.24) is 10.6 Å². The van der Waals surface area contributed by atoms with E-state index in [1.807, 2.05) is 0 Å². The highest BCUT2D eigenvalue weighted by Gasteiger charge is 2.03. The van der Waals surface area contributed by atoms with E-state index in [1.165, 1.54) is 180 Å². The van der Waals surface area contributed by atoms with Gasteiger partial charge in [0, 0.05) is 25.9 Å². The predicted molar refractivity (Wildman–Crippen MR) is 222 cm³/mol. The molecule has 0 aromatic carbocycles. The molecule has 0 atom stereocenters. The minimum absolute atomic E-state index is 0.219. The summed E-state index contributed by atoms with van der Waals surface area (Å²) in [4.78, 5) is 24.2. The monoisotopic (exact) mass is 701 g/mol. The Morgan fingerprint density at radius 1 is 0.320 bits per heavy atom. The highest BCUT2D eigenvalue weighted by atomic mass is 16.2. The number of carbonyl (C=O) groups excluding carboxylic acids is 2. The predicted octanol–water partition coefficient (Wildman–Crippen LogP) is 14.4. The van der Waals surface area contributed by atoms with E-state index in [-0.39, 0.29) is 11.8 Å². The van der Waals surface area contributed by atoms with Gasteiger partial charge in [0.25, 0.3) is 0 Å². The van der Waals surface area contributed by atoms with Gasteiger partial charge in [-0.1, -0.05) is 179 Å². The zero-order chi connectivity index (χ0) is 36.3. The Kier molecular flexibility index (Phi) is 42.2. The van der Waals surface area contributed by atoms with Crippen molar-refractivity contribution < 1.29 is 9.59 Å². The molecule has 0 aliphatic rings. The summed E-state index contributed by atoms with van der Waals surface area (Å²) in [6.45, 7) is 6.22. The molecule has 0 aromatic heterocycles. The molecule has 0 bridgehead atoms. The van der Waals surface area contributed by atoms with Crippen LogP contribution < -0.4 is 10.6 Å². The van der Waals surface area contributed by atoms with Gasteiger partial charge in [0.1, 0.15) is 0 Å². The van der Waals surface area contributed by atoms with Crippen LogP contribution in [-0.4, -0.2) is 24.9 Å². The fourth-order valence-electron chi connectivity index (χ4n) is 6.66. The van der Waals surface area contributed by atoms with Crippen LogP contribution in [0.5, 0.6) is 0 Å². The maximum Gasteiger partial charge on any atom is 0.219 e. The van der Waals surface area contributed by atoms with Gasteiger partial charge in [-0.3, -0.25) is 9.59 Å². The Hall–Kier alpha value is -1.58. The second-order valence-corrected chi connectivity index (χ2v) is 15.2. The minimum Gasteiger partial charge on any atom is -0.356 e. The van der Waals surface area contributed by atoms with E-state index in [0.717, 1.165) is 51.6 Å². The number of nitrogens with one attached hydrogen (secondary N) is 2. The Labute approximate surface area is 313 Å². The third-order valence-corrected chi connectivity index (χ3v) is 10.1. The summed E-state index contributed by atoms with van der Waals surface area (Å²) in [5.74, 6) is 0.437. The maximum atomic E-state index is 12.1. The van der Waals surface area contributed by atoms with Crippen LogP contribution >= 0.6 is 0 Å². The molecule has 0 spiro atoms. The summed E-state index contributed by atoms with van der Waals surface area (Å²) in [5, 5.41) is 6.22. The first kappa shape index (κ1) is 48.4. The summed E-state index contributed by atoms with van der Waals surface area (Å²) in [5.41, 5.74) is 0. The van der Waals surface area contributed by atoms with Gasteiger partial charge in [0.15, 0.2) is 0 Å². The van der Waals surface area contributed by atoms with Crippen molar-refractivity contribution in [3.63, 3.8) is 0 Å². The molecule has 0 saturated carbocycles. The molecule has 294 valence electrons. The summed E-state index contributed by atoms with van der Waals surface area (Å²) in [7, 11) is 0. The quantitative estimate of drug-likeness (QED) is 0.0493. The molecule has 0 radical (unpaired) electrons. The zero-order valence-corrected chi connectivity index (χ0v) is 34.0. The van der Waals surface area contributed by atoms with E-state index >= 15 is 0 Å². The number of hydrogen-bond donors (Lipinski definition) is 2. The van der Waals surface area contributed by atoms with Crippen LogP contribution in [0.25, 0.3) is 0 Å². The van der Waals surface area contributed by atoms with Crippen LogP contribution in [0.1, 0.15) is 245 Å². The number of rotatable bonds is 41. The lowest BCUT2D eigenvalue weighted by atomic mass is 10.1. The topological polar surface area (TPSA) is 58.2 Å². The first-order valence-corrected chi connectivity index (χ1v) is 22.5. The third-order valence-electron chi connectivity index (χ3n) is 10.1. The molecule has 0 aliphatic heterocycles. The van der Waals surface area contributed by atoms with E-state index in [2.05, 4.69) is 48.8 Å². The van der Waals surface area contributed by atoms with E-state index in [4.69, 9.17) is 0 Å². The average molecular weight is 701 g/mol. The van der Waals surface area contributed by atoms with E-state index < -0.39 is 0 Å². The molecule has 0 fully saturated rings. The lowest BCUT2D eigenvalue weighted by molar-refractivity contribution is -0.122. The summed E-state index contributed by atoms with van der Waals surface area (Å²) < 4.78 is 0. The average Bonchev–Trinajstić information content (AvgIpc) is 3.12. The molecule has 0 rings (SSSR count). The number of allylic oxidation sites excluding steroid dienone is 4. The number of carbonyl (C=O) groups is 2. The normalized spacial score (nSPS) is 11.6. The summed E-state index contributed by atoms with van der Waals surface area (Å²) >= 11 is 0. The van der Waals surface area contributed by atoms with Crippen LogP contribution in [0.2, 0.25) is 0 Å². The van der Waals surface area contributed by atoms with Crippen molar-refractivity contribution in [2.45, 2.75) is 245 Å². The first-order chi connectivity index (χ1) is 24.7. The van der Waals surface area contributed by atoms with Crippen molar-refractivity contribution in [2.24, 2.45) is 0 Å². The molecule has 4 nitrogen and oxygen atoms in total. The largest absolute Gasteiger partial charge is 0.356 e. The third kappa shape index (κ3) is 42.6. The van der Waals surface area contributed by atoms with E-state index in [9.17, 15) is 9.59 Å². The molecule has 0 aliphatic carbocycles. The van der Waals surface area contributed by atoms with E-state index in [1.54, 1.807) is 0 Å². The van der Waals surface area contributed by atoms with Gasteiger partial charge in [-0.25, -0.2) is 0 Å². The van der Waals surface area contributed by atoms with Crippen LogP contribution in [-0.2, 0) is 9.59 Å². The van der Waals surface area contributed by atoms with Crippen LogP contribution in [0, 0.1) is 0 Å². The lowest BCUT2D eigenvalue weighted by Crippen LogP contribution is -2.24. The highest BCUT2D eigenvalue weighted by Crippen LogP contribution is 2.12. The Morgan fingerprint density at radius 2 is 0.560 bits per heavy atom. The molecule has 0 saturated heterocycles. The molecule has 50 heavy (non-hydrogen) atoms. The van der Waals surface area contributed by atoms with Gasteiger partial charge in [0.2, 0.25) is 11.8 Å². The van der Waals surface area contributed by atoms with Gasteiger partial charge in [-0.15, -0.1) is 0 Å². The number of amides is 2. The fraction of sp³-hybridized carbons (Fsp3) is 0.870. The van der Waals surface area contributed by atoms with Crippen LogP contribution in [0.4, 0.5) is 0 Å². The first-order valence-electron chi connectivity index (χ1n) is 22.5. The zero-order valence-electron chi connectivity index (χ0n) is 34.0. The van der Waals surface area contributed by atoms with Gasteiger partial charge in [0.05, 0.1) is 0 Å². The standard InChI is InChI=1S/C46H88N2O2/c1-3-5-7-9-11-13-15-17-19-21-23-25-27-31-35-39-43-47-45(49)41-37-33-29-30-34-38-42-46(50)48-44-40-36-32-28-26-24-22-20-18-16-14-12-10-8-6-4-2/h17-20H,3-16,21-44H2,1-2H3,(H,47,49)(H,48,50)/b19-17-,20-18-. The van der Waals surface area contributed by atoms with Gasteiger partial charge < -0.3 is 10.6 Å². The molecule has 2 amide bonds. The lowest BCUT2D eigenvalue weighted by Gasteiger charge is -2.06.